The molecule has 0 bridgehead atoms. The number of hydrogen-bond acceptors (Lipinski definition) is 4. The van der Waals surface area contributed by atoms with Crippen LogP contribution in [-0.2, 0) is 0 Å². The Hall–Kier alpha value is -1.86. The topological polar surface area (TPSA) is 67.6 Å². The number of nitrogens with two attached hydrogens (primary N) is 1. The van der Waals surface area contributed by atoms with Crippen molar-refractivity contribution in [3.05, 3.63) is 34.2 Å². The smallest absolute Gasteiger partial charge is 0.161 e. The fourth-order valence-corrected chi connectivity index (χ4v) is 2.49. The van der Waals surface area contributed by atoms with E-state index in [1.165, 1.54) is 11.3 Å². The third-order valence-corrected chi connectivity index (χ3v) is 3.72. The van der Waals surface area contributed by atoms with Gasteiger partial charge in [-0.1, -0.05) is 0 Å². The maximum Gasteiger partial charge on any atom is 0.161 e. The second-order valence-electron chi connectivity index (χ2n) is 4.23. The van der Waals surface area contributed by atoms with Crippen LogP contribution in [0.1, 0.15) is 18.0 Å². The normalized spacial score (nSPS) is 13.1. The number of halogens is 2. The van der Waals surface area contributed by atoms with Crippen molar-refractivity contribution in [1.29, 1.82) is 0 Å². The molecule has 1 unspecified atom stereocenters. The number of nitrogens with one attached hydrogen (secondary N) is 1. The molecular formula is C12H10F2N4S. The van der Waals surface area contributed by atoms with Gasteiger partial charge in [-0.05, 0) is 6.92 Å². The fourth-order valence-electron chi connectivity index (χ4n) is 1.73. The Morgan fingerprint density at radius 1 is 1.26 bits per heavy atom. The van der Waals surface area contributed by atoms with Crippen LogP contribution in [0.2, 0.25) is 0 Å². The highest BCUT2D eigenvalue weighted by Crippen LogP contribution is 2.25. The Kier molecular flexibility index (Phi) is 2.79. The molecule has 0 spiro atoms. The number of H-pyrrole nitrogens is 1. The molecular weight excluding hydrogens is 270 g/mol. The number of aromatic amines is 1. The van der Waals surface area contributed by atoms with Crippen LogP contribution in [0, 0.1) is 11.6 Å². The summed E-state index contributed by atoms with van der Waals surface area (Å²) in [6, 6.07) is 1.99. The molecule has 3 N–H and O–H groups in total. The van der Waals surface area contributed by atoms with Gasteiger partial charge in [0.2, 0.25) is 0 Å². The summed E-state index contributed by atoms with van der Waals surface area (Å²) in [4.78, 5) is 11.4. The van der Waals surface area contributed by atoms with Gasteiger partial charge in [-0.15, -0.1) is 11.3 Å². The molecule has 0 amide bonds. The van der Waals surface area contributed by atoms with E-state index >= 15 is 0 Å². The van der Waals surface area contributed by atoms with Crippen LogP contribution in [0.4, 0.5) is 8.78 Å². The minimum atomic E-state index is -0.917. The molecule has 1 aromatic carbocycles. The molecule has 0 radical (unpaired) electrons. The molecule has 0 fully saturated rings. The number of imidazole rings is 1. The molecule has 0 saturated carbocycles. The second-order valence-corrected chi connectivity index (χ2v) is 5.12. The van der Waals surface area contributed by atoms with E-state index in [-0.39, 0.29) is 6.04 Å². The van der Waals surface area contributed by atoms with Crippen molar-refractivity contribution in [3.63, 3.8) is 0 Å². The maximum absolute atomic E-state index is 13.1. The zero-order chi connectivity index (χ0) is 13.6. The lowest BCUT2D eigenvalue weighted by atomic mass is 10.3. The first-order valence-corrected chi connectivity index (χ1v) is 6.48. The number of rotatable bonds is 2. The zero-order valence-electron chi connectivity index (χ0n) is 9.95. The Balaban J connectivity index is 2.09. The molecule has 7 heteroatoms. The van der Waals surface area contributed by atoms with Crippen LogP contribution >= 0.6 is 11.3 Å². The van der Waals surface area contributed by atoms with Gasteiger partial charge in [0.05, 0.1) is 17.1 Å². The van der Waals surface area contributed by atoms with E-state index in [0.717, 1.165) is 17.1 Å². The van der Waals surface area contributed by atoms with Gasteiger partial charge >= 0.3 is 0 Å². The van der Waals surface area contributed by atoms with Crippen molar-refractivity contribution in [1.82, 2.24) is 15.0 Å². The summed E-state index contributed by atoms with van der Waals surface area (Å²) in [5.41, 5.74) is 7.16. The molecule has 2 aromatic heterocycles. The average molecular weight is 280 g/mol. The molecule has 0 aliphatic heterocycles. The molecule has 3 rings (SSSR count). The molecule has 1 atom stereocenters. The van der Waals surface area contributed by atoms with Crippen LogP contribution in [0.25, 0.3) is 22.6 Å². The van der Waals surface area contributed by atoms with Gasteiger partial charge in [0.1, 0.15) is 10.7 Å². The van der Waals surface area contributed by atoms with Crippen LogP contribution in [0.5, 0.6) is 0 Å². The van der Waals surface area contributed by atoms with E-state index < -0.39 is 11.6 Å². The summed E-state index contributed by atoms with van der Waals surface area (Å²) in [7, 11) is 0. The van der Waals surface area contributed by atoms with E-state index in [1.807, 2.05) is 12.3 Å². The maximum atomic E-state index is 13.1. The van der Waals surface area contributed by atoms with Crippen LogP contribution in [0.15, 0.2) is 17.5 Å². The van der Waals surface area contributed by atoms with E-state index in [2.05, 4.69) is 15.0 Å². The van der Waals surface area contributed by atoms with Gasteiger partial charge in [0, 0.05) is 17.5 Å². The van der Waals surface area contributed by atoms with Crippen molar-refractivity contribution in [2.75, 3.05) is 0 Å². The fraction of sp³-hybridized carbons (Fsp3) is 0.167. The number of benzene rings is 1. The minimum absolute atomic E-state index is 0.155. The van der Waals surface area contributed by atoms with Gasteiger partial charge in [0.25, 0.3) is 0 Å². The molecule has 98 valence electrons. The molecule has 4 nitrogen and oxygen atoms in total. The Morgan fingerprint density at radius 2 is 2.00 bits per heavy atom. The van der Waals surface area contributed by atoms with Crippen LogP contribution in [0.3, 0.4) is 0 Å². The van der Waals surface area contributed by atoms with Gasteiger partial charge in [-0.2, -0.15) is 0 Å². The first-order chi connectivity index (χ1) is 9.04. The first kappa shape index (κ1) is 12.2. The van der Waals surface area contributed by atoms with Crippen molar-refractivity contribution in [3.8, 4) is 11.5 Å². The Bertz CT molecular complexity index is 708. The van der Waals surface area contributed by atoms with Crippen LogP contribution < -0.4 is 5.73 Å². The first-order valence-electron chi connectivity index (χ1n) is 5.60. The third kappa shape index (κ3) is 2.11. The van der Waals surface area contributed by atoms with E-state index in [0.29, 0.717) is 22.6 Å². The second kappa shape index (κ2) is 4.36. The monoisotopic (exact) mass is 280 g/mol. The van der Waals surface area contributed by atoms with Crippen molar-refractivity contribution in [2.24, 2.45) is 5.73 Å². The zero-order valence-corrected chi connectivity index (χ0v) is 10.8. The van der Waals surface area contributed by atoms with Crippen LogP contribution in [-0.4, -0.2) is 15.0 Å². The summed E-state index contributed by atoms with van der Waals surface area (Å²) in [5, 5.41) is 2.59. The number of fused-ring (bicyclic) bond motifs is 1. The minimum Gasteiger partial charge on any atom is -0.337 e. The quantitative estimate of drug-likeness (QED) is 0.758. The SMILES string of the molecule is CC(N)c1nc(-c2nc3cc(F)c(F)cc3[nH]2)cs1. The number of aromatic nitrogens is 3. The summed E-state index contributed by atoms with van der Waals surface area (Å²) >= 11 is 1.42. The molecule has 0 aliphatic rings. The Morgan fingerprint density at radius 3 is 2.68 bits per heavy atom. The number of hydrogen-bond donors (Lipinski definition) is 2. The Labute approximate surface area is 111 Å². The predicted octanol–water partition coefficient (Wildman–Crippen LogP) is 2.98. The van der Waals surface area contributed by atoms with Crippen molar-refractivity contribution < 1.29 is 8.78 Å². The summed E-state index contributed by atoms with van der Waals surface area (Å²) in [5.74, 6) is -1.35. The summed E-state index contributed by atoms with van der Waals surface area (Å²) in [6.07, 6.45) is 0. The summed E-state index contributed by atoms with van der Waals surface area (Å²) in [6.45, 7) is 1.84. The highest BCUT2D eigenvalue weighted by Gasteiger charge is 2.13. The lowest BCUT2D eigenvalue weighted by molar-refractivity contribution is 0.510. The van der Waals surface area contributed by atoms with Gasteiger partial charge in [-0.3, -0.25) is 0 Å². The lowest BCUT2D eigenvalue weighted by Crippen LogP contribution is -2.03. The third-order valence-electron chi connectivity index (χ3n) is 2.68. The standard InChI is InChI=1S/C12H10F2N4S/c1-5(15)12-18-10(4-19-12)11-16-8-2-6(13)7(14)3-9(8)17-11/h2-5H,15H2,1H3,(H,16,17). The van der Waals surface area contributed by atoms with E-state index in [4.69, 9.17) is 5.73 Å². The van der Waals surface area contributed by atoms with Crippen molar-refractivity contribution in [2.45, 2.75) is 13.0 Å². The molecule has 3 aromatic rings. The highest BCUT2D eigenvalue weighted by atomic mass is 32.1. The van der Waals surface area contributed by atoms with E-state index in [1.54, 1.807) is 0 Å². The largest absolute Gasteiger partial charge is 0.337 e. The molecule has 0 saturated heterocycles. The highest BCUT2D eigenvalue weighted by molar-refractivity contribution is 7.10. The molecule has 0 aliphatic carbocycles. The predicted molar refractivity (Wildman–Crippen MR) is 69.7 cm³/mol. The number of thiazole rings is 1. The molecule has 19 heavy (non-hydrogen) atoms. The lowest BCUT2D eigenvalue weighted by Gasteiger charge is -1.96. The van der Waals surface area contributed by atoms with Gasteiger partial charge in [-0.25, -0.2) is 18.7 Å². The van der Waals surface area contributed by atoms with Gasteiger partial charge in [0.15, 0.2) is 17.5 Å². The summed E-state index contributed by atoms with van der Waals surface area (Å²) < 4.78 is 26.2. The van der Waals surface area contributed by atoms with Crippen molar-refractivity contribution >= 4 is 22.4 Å². The average Bonchev–Trinajstić information content (AvgIpc) is 2.95. The van der Waals surface area contributed by atoms with E-state index in [9.17, 15) is 8.78 Å². The number of nitrogens with zero attached hydrogens (tertiary/aromatic N) is 2. The molecule has 2 heterocycles. The van der Waals surface area contributed by atoms with Gasteiger partial charge < -0.3 is 10.7 Å².